The van der Waals surface area contributed by atoms with Crippen LogP contribution in [0.1, 0.15) is 37.3 Å². The minimum atomic E-state index is -4.67. The quantitative estimate of drug-likeness (QED) is 0.292. The number of hydrogen-bond acceptors (Lipinski definition) is 5. The van der Waals surface area contributed by atoms with Crippen molar-refractivity contribution in [1.82, 2.24) is 5.01 Å². The zero-order valence-electron chi connectivity index (χ0n) is 19.0. The number of hydrazone groups is 1. The maximum Gasteiger partial charge on any atom is 0.417 e. The van der Waals surface area contributed by atoms with Gasteiger partial charge in [0.15, 0.2) is 0 Å². The van der Waals surface area contributed by atoms with Crippen LogP contribution >= 0.6 is 27.5 Å². The van der Waals surface area contributed by atoms with Crippen LogP contribution in [0, 0.1) is 16.7 Å². The average molecular weight is 586 g/mol. The molecular weight excluding hydrogens is 565 g/mol. The predicted molar refractivity (Wildman–Crippen MR) is 131 cm³/mol. The van der Waals surface area contributed by atoms with Crippen LogP contribution in [-0.2, 0) is 15.7 Å². The van der Waals surface area contributed by atoms with Crippen LogP contribution in [0.2, 0.25) is 5.02 Å². The fourth-order valence-corrected chi connectivity index (χ4v) is 4.40. The van der Waals surface area contributed by atoms with Crippen LogP contribution in [0.4, 0.5) is 23.7 Å². The summed E-state index contributed by atoms with van der Waals surface area (Å²) in [5.74, 6) is -0.698. The number of nitriles is 1. The summed E-state index contributed by atoms with van der Waals surface area (Å²) >= 11 is 9.25. The van der Waals surface area contributed by atoms with Crippen molar-refractivity contribution in [2.45, 2.75) is 32.4 Å². The van der Waals surface area contributed by atoms with E-state index in [-0.39, 0.29) is 43.7 Å². The maximum absolute atomic E-state index is 13.3. The number of carbonyl (C=O) groups is 2. The van der Waals surface area contributed by atoms with Gasteiger partial charge in [-0.15, -0.1) is 0 Å². The smallest absolute Gasteiger partial charge is 0.417 e. The number of esters is 1. The first kappa shape index (κ1) is 27.5. The second-order valence-corrected chi connectivity index (χ2v) is 9.27. The first-order valence-corrected chi connectivity index (χ1v) is 12.0. The number of amides is 2. The average Bonchev–Trinajstić information content (AvgIpc) is 3.21. The van der Waals surface area contributed by atoms with E-state index < -0.39 is 34.2 Å². The lowest BCUT2D eigenvalue weighted by molar-refractivity contribution is -0.151. The molecule has 2 aromatic carbocycles. The standard InChI is InChI=1S/C24H21BrClF3N4O3/c1-2-36-21(34)23(11-3-4-12-30)14-33(22(35)31-17-8-6-16(25)7-9-17)32-20(23)15-5-10-18(19(26)13-15)24(27,28)29/h5-10,13H,2-4,11,14H2,1H3,(H,31,35). The van der Waals surface area contributed by atoms with Crippen LogP contribution in [-0.4, -0.2) is 35.9 Å². The van der Waals surface area contributed by atoms with Gasteiger partial charge in [-0.3, -0.25) is 4.79 Å². The van der Waals surface area contributed by atoms with Gasteiger partial charge in [0, 0.05) is 22.1 Å². The molecule has 1 unspecified atom stereocenters. The number of alkyl halides is 3. The summed E-state index contributed by atoms with van der Waals surface area (Å²) in [6.45, 7) is 1.41. The minimum Gasteiger partial charge on any atom is -0.465 e. The van der Waals surface area contributed by atoms with Gasteiger partial charge in [-0.05, 0) is 56.2 Å². The summed E-state index contributed by atoms with van der Waals surface area (Å²) in [6.07, 6.45) is -4.20. The topological polar surface area (TPSA) is 94.8 Å². The van der Waals surface area contributed by atoms with Gasteiger partial charge < -0.3 is 10.1 Å². The third kappa shape index (κ3) is 5.99. The number of nitrogens with zero attached hydrogens (tertiary/aromatic N) is 3. The van der Waals surface area contributed by atoms with Crippen molar-refractivity contribution >= 4 is 50.9 Å². The first-order valence-electron chi connectivity index (χ1n) is 10.9. The molecule has 7 nitrogen and oxygen atoms in total. The molecule has 1 N–H and O–H groups in total. The Balaban J connectivity index is 2.06. The molecule has 0 fully saturated rings. The Labute approximate surface area is 219 Å². The minimum absolute atomic E-state index is 0.0327. The molecule has 0 bridgehead atoms. The van der Waals surface area contributed by atoms with Gasteiger partial charge in [-0.2, -0.15) is 23.5 Å². The molecule has 0 spiro atoms. The summed E-state index contributed by atoms with van der Waals surface area (Å²) in [6, 6.07) is 11.1. The number of carbonyl (C=O) groups excluding carboxylic acids is 2. The Bertz CT molecular complexity index is 1210. The van der Waals surface area contributed by atoms with Crippen molar-refractivity contribution in [2.75, 3.05) is 18.5 Å². The van der Waals surface area contributed by atoms with Crippen molar-refractivity contribution in [3.05, 3.63) is 63.1 Å². The molecule has 0 aromatic heterocycles. The number of urea groups is 1. The highest BCUT2D eigenvalue weighted by molar-refractivity contribution is 9.10. The highest BCUT2D eigenvalue weighted by Gasteiger charge is 2.52. The highest BCUT2D eigenvalue weighted by atomic mass is 79.9. The van der Waals surface area contributed by atoms with Crippen molar-refractivity contribution in [2.24, 2.45) is 10.5 Å². The monoisotopic (exact) mass is 584 g/mol. The Morgan fingerprint density at radius 1 is 1.28 bits per heavy atom. The molecule has 1 atom stereocenters. The molecule has 12 heteroatoms. The Morgan fingerprint density at radius 3 is 2.56 bits per heavy atom. The molecule has 1 heterocycles. The number of anilines is 1. The number of rotatable bonds is 7. The Hall–Kier alpha value is -3.10. The molecule has 0 saturated heterocycles. The normalized spacial score (nSPS) is 17.4. The van der Waals surface area contributed by atoms with E-state index in [1.807, 2.05) is 6.07 Å². The van der Waals surface area contributed by atoms with Crippen molar-refractivity contribution in [3.63, 3.8) is 0 Å². The molecule has 0 saturated carbocycles. The van der Waals surface area contributed by atoms with Crippen LogP contribution in [0.25, 0.3) is 0 Å². The van der Waals surface area contributed by atoms with E-state index in [9.17, 15) is 22.8 Å². The van der Waals surface area contributed by atoms with Gasteiger partial charge in [0.05, 0.1) is 35.5 Å². The van der Waals surface area contributed by atoms with Crippen LogP contribution in [0.3, 0.4) is 0 Å². The molecule has 0 aliphatic carbocycles. The SMILES string of the molecule is CCOC(=O)C1(CCCC#N)CN(C(=O)Nc2ccc(Br)cc2)N=C1c1ccc(C(F)(F)F)c(Cl)c1. The van der Waals surface area contributed by atoms with E-state index >= 15 is 0 Å². The van der Waals surface area contributed by atoms with Gasteiger partial charge in [-0.25, -0.2) is 9.80 Å². The van der Waals surface area contributed by atoms with Gasteiger partial charge in [0.1, 0.15) is 5.41 Å². The van der Waals surface area contributed by atoms with Crippen LogP contribution in [0.15, 0.2) is 52.0 Å². The lowest BCUT2D eigenvalue weighted by atomic mass is 9.76. The fraction of sp³-hybridized carbons (Fsp3) is 0.333. The molecule has 190 valence electrons. The third-order valence-corrected chi connectivity index (χ3v) is 6.37. The molecule has 2 aromatic rings. The maximum atomic E-state index is 13.3. The van der Waals surface area contributed by atoms with Crippen molar-refractivity contribution in [3.8, 4) is 6.07 Å². The summed E-state index contributed by atoms with van der Waals surface area (Å²) in [5.41, 5.74) is -1.90. The molecular formula is C24H21BrClF3N4O3. The summed E-state index contributed by atoms with van der Waals surface area (Å²) in [7, 11) is 0. The number of hydrogen-bond donors (Lipinski definition) is 1. The predicted octanol–water partition coefficient (Wildman–Crippen LogP) is 6.62. The van der Waals surface area contributed by atoms with E-state index in [4.69, 9.17) is 21.6 Å². The molecule has 0 radical (unpaired) electrons. The number of benzene rings is 2. The summed E-state index contributed by atoms with van der Waals surface area (Å²) < 4.78 is 45.9. The molecule has 1 aliphatic rings. The molecule has 1 aliphatic heterocycles. The lowest BCUT2D eigenvalue weighted by Crippen LogP contribution is -2.44. The summed E-state index contributed by atoms with van der Waals surface area (Å²) in [5, 5.41) is 16.5. The van der Waals surface area contributed by atoms with Crippen LogP contribution in [0.5, 0.6) is 0 Å². The van der Waals surface area contributed by atoms with Crippen LogP contribution < -0.4 is 5.32 Å². The lowest BCUT2D eigenvalue weighted by Gasteiger charge is -2.28. The molecule has 2 amide bonds. The molecule has 3 rings (SSSR count). The summed E-state index contributed by atoms with van der Waals surface area (Å²) in [4.78, 5) is 26.3. The Kier molecular flexibility index (Phi) is 8.63. The van der Waals surface area contributed by atoms with E-state index in [0.29, 0.717) is 5.69 Å². The van der Waals surface area contributed by atoms with Crippen molar-refractivity contribution < 1.29 is 27.5 Å². The number of ether oxygens (including phenoxy) is 1. The van der Waals surface area contributed by atoms with E-state index in [1.54, 1.807) is 31.2 Å². The van der Waals surface area contributed by atoms with Gasteiger partial charge in [-0.1, -0.05) is 33.6 Å². The zero-order chi connectivity index (χ0) is 26.5. The number of unbranched alkanes of at least 4 members (excludes halogenated alkanes) is 1. The van der Waals surface area contributed by atoms with Gasteiger partial charge >= 0.3 is 18.2 Å². The first-order chi connectivity index (χ1) is 17.0. The molecule has 36 heavy (non-hydrogen) atoms. The number of halogens is 5. The van der Waals surface area contributed by atoms with E-state index in [0.717, 1.165) is 27.7 Å². The Morgan fingerprint density at radius 2 is 1.97 bits per heavy atom. The van der Waals surface area contributed by atoms with Crippen molar-refractivity contribution in [1.29, 1.82) is 5.26 Å². The second-order valence-electron chi connectivity index (χ2n) is 7.95. The fourth-order valence-electron chi connectivity index (χ4n) is 3.85. The zero-order valence-corrected chi connectivity index (χ0v) is 21.4. The van der Waals surface area contributed by atoms with Gasteiger partial charge in [0.25, 0.3) is 0 Å². The third-order valence-electron chi connectivity index (χ3n) is 5.53. The highest BCUT2D eigenvalue weighted by Crippen LogP contribution is 2.41. The largest absolute Gasteiger partial charge is 0.465 e. The van der Waals surface area contributed by atoms with Gasteiger partial charge in [0.2, 0.25) is 0 Å². The van der Waals surface area contributed by atoms with E-state index in [1.165, 1.54) is 0 Å². The number of nitrogens with one attached hydrogen (secondary N) is 1. The van der Waals surface area contributed by atoms with E-state index in [2.05, 4.69) is 26.3 Å². The second kappa shape index (κ2) is 11.3.